The van der Waals surface area contributed by atoms with Gasteiger partial charge in [0.1, 0.15) is 0 Å². The topological polar surface area (TPSA) is 28.7 Å². The van der Waals surface area contributed by atoms with Crippen molar-refractivity contribution >= 4 is 33.8 Å². The van der Waals surface area contributed by atoms with Gasteiger partial charge in [-0.3, -0.25) is 0 Å². The number of nitrogens with one attached hydrogen (secondary N) is 1. The molecule has 2 nitrogen and oxygen atoms in total. The number of aromatic amines is 1. The number of fused-ring (bicyclic) bond motifs is 1. The molecule has 4 heteroatoms. The van der Waals surface area contributed by atoms with Crippen molar-refractivity contribution in [3.8, 4) is 11.3 Å². The van der Waals surface area contributed by atoms with Crippen molar-refractivity contribution in [1.29, 1.82) is 0 Å². The van der Waals surface area contributed by atoms with E-state index in [9.17, 15) is 0 Å². The quantitative estimate of drug-likeness (QED) is 0.675. The Morgan fingerprint density at radius 3 is 2.68 bits per heavy atom. The van der Waals surface area contributed by atoms with Crippen LogP contribution in [-0.2, 0) is 0 Å². The first-order valence-electron chi connectivity index (χ1n) is 6.29. The molecule has 0 fully saturated rings. The van der Waals surface area contributed by atoms with E-state index in [1.54, 1.807) is 11.3 Å². The summed E-state index contributed by atoms with van der Waals surface area (Å²) in [6.45, 7) is 6.36. The summed E-state index contributed by atoms with van der Waals surface area (Å²) in [4.78, 5) is 7.97. The van der Waals surface area contributed by atoms with Gasteiger partial charge in [-0.15, -0.1) is 11.3 Å². The van der Waals surface area contributed by atoms with E-state index in [1.165, 1.54) is 5.69 Å². The van der Waals surface area contributed by atoms with Crippen LogP contribution in [0.15, 0.2) is 23.6 Å². The van der Waals surface area contributed by atoms with E-state index in [2.05, 4.69) is 41.3 Å². The highest BCUT2D eigenvalue weighted by Gasteiger charge is 2.11. The maximum atomic E-state index is 6.39. The summed E-state index contributed by atoms with van der Waals surface area (Å²) in [6.07, 6.45) is 0. The van der Waals surface area contributed by atoms with Gasteiger partial charge in [-0.25, -0.2) is 4.98 Å². The summed E-state index contributed by atoms with van der Waals surface area (Å²) in [5, 5.41) is 5.02. The highest BCUT2D eigenvalue weighted by atomic mass is 35.5. The predicted molar refractivity (Wildman–Crippen MR) is 83.2 cm³/mol. The lowest BCUT2D eigenvalue weighted by atomic mass is 10.1. The Labute approximate surface area is 121 Å². The van der Waals surface area contributed by atoms with Crippen molar-refractivity contribution in [2.75, 3.05) is 0 Å². The van der Waals surface area contributed by atoms with E-state index in [0.29, 0.717) is 5.92 Å². The Kier molecular flexibility index (Phi) is 3.11. The fourth-order valence-electron chi connectivity index (χ4n) is 2.17. The minimum absolute atomic E-state index is 0.483. The number of aryl methyl sites for hydroxylation is 1. The summed E-state index contributed by atoms with van der Waals surface area (Å²) >= 11 is 8.03. The molecular weight excluding hydrogens is 276 g/mol. The smallest absolute Gasteiger partial charge is 0.0901 e. The first-order chi connectivity index (χ1) is 9.04. The lowest BCUT2D eigenvalue weighted by Gasteiger charge is -2.01. The predicted octanol–water partition coefficient (Wildman–Crippen LogP) is 5.38. The van der Waals surface area contributed by atoms with E-state index in [1.807, 2.05) is 13.0 Å². The Bertz CT molecular complexity index is 740. The number of rotatable bonds is 2. The largest absolute Gasteiger partial charge is 0.358 e. The highest BCUT2D eigenvalue weighted by molar-refractivity contribution is 7.09. The lowest BCUT2D eigenvalue weighted by Crippen LogP contribution is -1.85. The molecule has 3 rings (SSSR count). The maximum Gasteiger partial charge on any atom is 0.0901 e. The van der Waals surface area contributed by atoms with Crippen molar-refractivity contribution in [3.05, 3.63) is 39.3 Å². The molecule has 2 heterocycles. The van der Waals surface area contributed by atoms with E-state index < -0.39 is 0 Å². The molecule has 98 valence electrons. The first-order valence-corrected chi connectivity index (χ1v) is 7.55. The van der Waals surface area contributed by atoms with Crippen LogP contribution in [0.25, 0.3) is 22.2 Å². The zero-order valence-electron chi connectivity index (χ0n) is 11.1. The first kappa shape index (κ1) is 12.7. The van der Waals surface area contributed by atoms with Crippen LogP contribution in [0.4, 0.5) is 0 Å². The zero-order valence-corrected chi connectivity index (χ0v) is 12.7. The molecule has 0 aliphatic rings. The second-order valence-electron chi connectivity index (χ2n) is 5.05. The van der Waals surface area contributed by atoms with Crippen molar-refractivity contribution < 1.29 is 0 Å². The van der Waals surface area contributed by atoms with Gasteiger partial charge in [0.2, 0.25) is 0 Å². The molecule has 1 N–H and O–H groups in total. The molecule has 0 unspecified atom stereocenters. The molecule has 1 aromatic carbocycles. The van der Waals surface area contributed by atoms with Gasteiger partial charge < -0.3 is 4.98 Å². The fourth-order valence-corrected chi connectivity index (χ4v) is 3.05. The van der Waals surface area contributed by atoms with Crippen molar-refractivity contribution in [1.82, 2.24) is 9.97 Å². The van der Waals surface area contributed by atoms with E-state index in [4.69, 9.17) is 11.6 Å². The van der Waals surface area contributed by atoms with Crippen LogP contribution in [0.1, 0.15) is 30.5 Å². The molecule has 0 atom stereocenters. The molecule has 0 saturated carbocycles. The van der Waals surface area contributed by atoms with Gasteiger partial charge >= 0.3 is 0 Å². The Morgan fingerprint density at radius 2 is 2.05 bits per heavy atom. The minimum atomic E-state index is 0.483. The summed E-state index contributed by atoms with van der Waals surface area (Å²) in [7, 11) is 0. The molecule has 3 aromatic rings. The van der Waals surface area contributed by atoms with Gasteiger partial charge in [0.15, 0.2) is 0 Å². The van der Waals surface area contributed by atoms with Gasteiger partial charge in [0.25, 0.3) is 0 Å². The van der Waals surface area contributed by atoms with Gasteiger partial charge in [0.05, 0.1) is 15.7 Å². The Morgan fingerprint density at radius 1 is 1.26 bits per heavy atom. The lowest BCUT2D eigenvalue weighted by molar-refractivity contribution is 0.836. The highest BCUT2D eigenvalue weighted by Crippen LogP contribution is 2.33. The van der Waals surface area contributed by atoms with Crippen LogP contribution in [0, 0.1) is 6.92 Å². The summed E-state index contributed by atoms with van der Waals surface area (Å²) in [6, 6.07) is 6.28. The number of halogens is 1. The standard InChI is InChI=1S/C15H15ClN2S/c1-8(2)13-5-10-4-12(16)11(6-14(10)18-13)15-7-19-9(3)17-15/h4-8,18H,1-3H3. The van der Waals surface area contributed by atoms with E-state index in [0.717, 1.165) is 32.2 Å². The minimum Gasteiger partial charge on any atom is -0.358 e. The van der Waals surface area contributed by atoms with Crippen LogP contribution in [0.2, 0.25) is 5.02 Å². The molecule has 0 aliphatic carbocycles. The fraction of sp³-hybridized carbons (Fsp3) is 0.267. The van der Waals surface area contributed by atoms with E-state index >= 15 is 0 Å². The van der Waals surface area contributed by atoms with Gasteiger partial charge in [-0.1, -0.05) is 25.4 Å². The number of thiazole rings is 1. The third kappa shape index (κ3) is 2.28. The second-order valence-corrected chi connectivity index (χ2v) is 6.52. The number of hydrogen-bond acceptors (Lipinski definition) is 2. The van der Waals surface area contributed by atoms with Crippen molar-refractivity contribution in [2.45, 2.75) is 26.7 Å². The number of benzene rings is 1. The monoisotopic (exact) mass is 290 g/mol. The number of nitrogens with zero attached hydrogens (tertiary/aromatic N) is 1. The van der Waals surface area contributed by atoms with Crippen LogP contribution < -0.4 is 0 Å². The molecule has 19 heavy (non-hydrogen) atoms. The molecule has 0 radical (unpaired) electrons. The number of hydrogen-bond donors (Lipinski definition) is 1. The van der Waals surface area contributed by atoms with Crippen molar-refractivity contribution in [2.24, 2.45) is 0 Å². The van der Waals surface area contributed by atoms with Crippen LogP contribution in [0.5, 0.6) is 0 Å². The molecule has 0 saturated heterocycles. The SMILES string of the molecule is Cc1nc(-c2cc3[nH]c(C(C)C)cc3cc2Cl)cs1. The third-order valence-electron chi connectivity index (χ3n) is 3.25. The van der Waals surface area contributed by atoms with Crippen LogP contribution >= 0.6 is 22.9 Å². The molecule has 0 aliphatic heterocycles. The van der Waals surface area contributed by atoms with Crippen molar-refractivity contribution in [3.63, 3.8) is 0 Å². The second kappa shape index (κ2) is 4.66. The average Bonchev–Trinajstić information content (AvgIpc) is 2.93. The Balaban J connectivity index is 2.18. The van der Waals surface area contributed by atoms with Gasteiger partial charge in [-0.2, -0.15) is 0 Å². The molecule has 0 bridgehead atoms. The van der Waals surface area contributed by atoms with Crippen LogP contribution in [-0.4, -0.2) is 9.97 Å². The third-order valence-corrected chi connectivity index (χ3v) is 4.33. The Hall–Kier alpha value is -1.32. The molecular formula is C15H15ClN2S. The summed E-state index contributed by atoms with van der Waals surface area (Å²) in [5.41, 5.74) is 4.30. The molecule has 0 spiro atoms. The summed E-state index contributed by atoms with van der Waals surface area (Å²) < 4.78 is 0. The van der Waals surface area contributed by atoms with Crippen LogP contribution in [0.3, 0.4) is 0 Å². The molecule has 2 aromatic heterocycles. The van der Waals surface area contributed by atoms with Gasteiger partial charge in [0, 0.05) is 27.5 Å². The normalized spacial score (nSPS) is 11.6. The van der Waals surface area contributed by atoms with E-state index in [-0.39, 0.29) is 0 Å². The maximum absolute atomic E-state index is 6.39. The number of H-pyrrole nitrogens is 1. The number of aromatic nitrogens is 2. The average molecular weight is 291 g/mol. The molecule has 0 amide bonds. The summed E-state index contributed by atoms with van der Waals surface area (Å²) in [5.74, 6) is 0.483. The zero-order chi connectivity index (χ0) is 13.6. The van der Waals surface area contributed by atoms with Gasteiger partial charge in [-0.05, 0) is 31.0 Å².